The topological polar surface area (TPSA) is 56.5 Å². The Morgan fingerprint density at radius 1 is 1.05 bits per heavy atom. The van der Waals surface area contributed by atoms with Gasteiger partial charge in [-0.1, -0.05) is 6.07 Å². The van der Waals surface area contributed by atoms with Gasteiger partial charge in [0.2, 0.25) is 0 Å². The van der Waals surface area contributed by atoms with Crippen molar-refractivity contribution < 1.29 is 9.47 Å². The Hall–Kier alpha value is -1.26. The first-order valence-electron chi connectivity index (χ1n) is 7.19. The lowest BCUT2D eigenvalue weighted by Gasteiger charge is -2.27. The molecule has 104 valence electrons. The number of fused-ring (bicyclic) bond motifs is 1. The summed E-state index contributed by atoms with van der Waals surface area (Å²) in [5, 5.41) is 3.61. The molecular weight excluding hydrogens is 240 g/mol. The van der Waals surface area contributed by atoms with Gasteiger partial charge in [-0.15, -0.1) is 0 Å². The van der Waals surface area contributed by atoms with Gasteiger partial charge in [0.15, 0.2) is 11.5 Å². The summed E-state index contributed by atoms with van der Waals surface area (Å²) >= 11 is 0. The molecular formula is C15H22N2O2. The van der Waals surface area contributed by atoms with Crippen molar-refractivity contribution >= 4 is 0 Å². The van der Waals surface area contributed by atoms with E-state index in [1.165, 1.54) is 18.4 Å². The molecule has 0 radical (unpaired) electrons. The second-order valence-electron chi connectivity index (χ2n) is 5.47. The Morgan fingerprint density at radius 2 is 1.79 bits per heavy atom. The first kappa shape index (κ1) is 12.8. The quantitative estimate of drug-likeness (QED) is 0.872. The zero-order valence-electron chi connectivity index (χ0n) is 11.2. The third-order valence-corrected chi connectivity index (χ3v) is 3.97. The van der Waals surface area contributed by atoms with Gasteiger partial charge >= 0.3 is 0 Å². The fourth-order valence-corrected chi connectivity index (χ4v) is 2.78. The van der Waals surface area contributed by atoms with Gasteiger partial charge in [0, 0.05) is 18.6 Å². The summed E-state index contributed by atoms with van der Waals surface area (Å²) in [6.45, 7) is 2.17. The summed E-state index contributed by atoms with van der Waals surface area (Å²) in [5.74, 6) is 1.73. The zero-order chi connectivity index (χ0) is 13.1. The number of nitrogens with two attached hydrogens (primary N) is 1. The minimum Gasteiger partial charge on any atom is -0.486 e. The van der Waals surface area contributed by atoms with Gasteiger partial charge in [-0.25, -0.2) is 0 Å². The van der Waals surface area contributed by atoms with E-state index >= 15 is 0 Å². The molecule has 0 spiro atoms. The molecule has 0 unspecified atom stereocenters. The van der Waals surface area contributed by atoms with Crippen LogP contribution >= 0.6 is 0 Å². The summed E-state index contributed by atoms with van der Waals surface area (Å²) < 4.78 is 11.1. The Labute approximate surface area is 114 Å². The maximum Gasteiger partial charge on any atom is 0.161 e. The van der Waals surface area contributed by atoms with Crippen molar-refractivity contribution in [3.05, 3.63) is 23.8 Å². The molecule has 3 rings (SSSR count). The van der Waals surface area contributed by atoms with Gasteiger partial charge in [-0.2, -0.15) is 0 Å². The third-order valence-electron chi connectivity index (χ3n) is 3.97. The van der Waals surface area contributed by atoms with Crippen LogP contribution in [0.3, 0.4) is 0 Å². The van der Waals surface area contributed by atoms with E-state index in [0.29, 0.717) is 25.3 Å². The number of nitrogens with one attached hydrogen (secondary N) is 1. The summed E-state index contributed by atoms with van der Waals surface area (Å²) in [6.07, 6.45) is 4.65. The molecule has 0 amide bonds. The normalized spacial score (nSPS) is 26.2. The third kappa shape index (κ3) is 3.19. The van der Waals surface area contributed by atoms with E-state index in [4.69, 9.17) is 15.2 Å². The van der Waals surface area contributed by atoms with Crippen LogP contribution in [0.4, 0.5) is 0 Å². The molecule has 1 aliphatic heterocycles. The first-order chi connectivity index (χ1) is 9.31. The number of ether oxygens (including phenoxy) is 2. The first-order valence-corrected chi connectivity index (χ1v) is 7.19. The molecule has 3 N–H and O–H groups in total. The lowest BCUT2D eigenvalue weighted by atomic mass is 9.92. The van der Waals surface area contributed by atoms with Gasteiger partial charge in [0.05, 0.1) is 0 Å². The van der Waals surface area contributed by atoms with Crippen molar-refractivity contribution in [2.24, 2.45) is 5.73 Å². The Morgan fingerprint density at radius 3 is 2.58 bits per heavy atom. The highest BCUT2D eigenvalue weighted by Crippen LogP contribution is 2.30. The van der Waals surface area contributed by atoms with Crippen LogP contribution in [-0.4, -0.2) is 25.3 Å². The van der Waals surface area contributed by atoms with Gasteiger partial charge in [0.1, 0.15) is 13.2 Å². The number of rotatable bonds is 3. The lowest BCUT2D eigenvalue weighted by molar-refractivity contribution is 0.171. The second kappa shape index (κ2) is 5.80. The van der Waals surface area contributed by atoms with E-state index in [9.17, 15) is 0 Å². The standard InChI is InChI=1S/C15H22N2O2/c16-12-2-4-13(5-3-12)17-10-11-1-6-14-15(9-11)19-8-7-18-14/h1,6,9,12-13,17H,2-5,7-8,10,16H2. The van der Waals surface area contributed by atoms with Crippen LogP contribution in [0.5, 0.6) is 11.5 Å². The number of benzene rings is 1. The Balaban J connectivity index is 1.55. The molecule has 1 aromatic carbocycles. The number of hydrogen-bond donors (Lipinski definition) is 2. The summed E-state index contributed by atoms with van der Waals surface area (Å²) in [6, 6.07) is 7.20. The predicted molar refractivity (Wildman–Crippen MR) is 74.5 cm³/mol. The SMILES string of the molecule is NC1CCC(NCc2ccc3c(c2)OCCO3)CC1. The lowest BCUT2D eigenvalue weighted by Crippen LogP contribution is -2.37. The Kier molecular flexibility index (Phi) is 3.89. The molecule has 19 heavy (non-hydrogen) atoms. The largest absolute Gasteiger partial charge is 0.486 e. The van der Waals surface area contributed by atoms with Crippen LogP contribution in [0, 0.1) is 0 Å². The summed E-state index contributed by atoms with van der Waals surface area (Å²) in [4.78, 5) is 0. The molecule has 1 aromatic rings. The van der Waals surface area contributed by atoms with Crippen molar-refractivity contribution in [1.29, 1.82) is 0 Å². The average Bonchev–Trinajstić information content (AvgIpc) is 2.46. The van der Waals surface area contributed by atoms with Crippen molar-refractivity contribution in [3.63, 3.8) is 0 Å². The van der Waals surface area contributed by atoms with E-state index < -0.39 is 0 Å². The fourth-order valence-electron chi connectivity index (χ4n) is 2.78. The summed E-state index contributed by atoms with van der Waals surface area (Å²) in [7, 11) is 0. The van der Waals surface area contributed by atoms with E-state index in [1.54, 1.807) is 0 Å². The van der Waals surface area contributed by atoms with Crippen LogP contribution in [0.2, 0.25) is 0 Å². The van der Waals surface area contributed by atoms with E-state index in [1.807, 2.05) is 6.07 Å². The van der Waals surface area contributed by atoms with Crippen molar-refractivity contribution in [3.8, 4) is 11.5 Å². The molecule has 4 nitrogen and oxygen atoms in total. The van der Waals surface area contributed by atoms with Crippen LogP contribution < -0.4 is 20.5 Å². The monoisotopic (exact) mass is 262 g/mol. The van der Waals surface area contributed by atoms with Crippen LogP contribution in [0.15, 0.2) is 18.2 Å². The molecule has 4 heteroatoms. The van der Waals surface area contributed by atoms with Crippen LogP contribution in [0.25, 0.3) is 0 Å². The van der Waals surface area contributed by atoms with Crippen molar-refractivity contribution in [2.75, 3.05) is 13.2 Å². The molecule has 1 saturated carbocycles. The van der Waals surface area contributed by atoms with Gasteiger partial charge in [0.25, 0.3) is 0 Å². The fraction of sp³-hybridized carbons (Fsp3) is 0.600. The number of hydrogen-bond acceptors (Lipinski definition) is 4. The zero-order valence-corrected chi connectivity index (χ0v) is 11.2. The Bertz CT molecular complexity index is 428. The molecule has 2 aliphatic rings. The molecule has 1 fully saturated rings. The highest BCUT2D eigenvalue weighted by atomic mass is 16.6. The predicted octanol–water partition coefficient (Wildman–Crippen LogP) is 1.82. The molecule has 0 saturated heterocycles. The van der Waals surface area contributed by atoms with E-state index in [-0.39, 0.29) is 0 Å². The van der Waals surface area contributed by atoms with Crippen molar-refractivity contribution in [1.82, 2.24) is 5.32 Å². The highest BCUT2D eigenvalue weighted by Gasteiger charge is 2.18. The van der Waals surface area contributed by atoms with E-state index in [0.717, 1.165) is 30.9 Å². The highest BCUT2D eigenvalue weighted by molar-refractivity contribution is 5.43. The van der Waals surface area contributed by atoms with Gasteiger partial charge < -0.3 is 20.5 Å². The average molecular weight is 262 g/mol. The van der Waals surface area contributed by atoms with Gasteiger partial charge in [-0.05, 0) is 43.4 Å². The summed E-state index contributed by atoms with van der Waals surface area (Å²) in [5.41, 5.74) is 7.17. The smallest absolute Gasteiger partial charge is 0.161 e. The minimum atomic E-state index is 0.410. The molecule has 0 bridgehead atoms. The molecule has 1 heterocycles. The van der Waals surface area contributed by atoms with Crippen LogP contribution in [0.1, 0.15) is 31.2 Å². The minimum absolute atomic E-state index is 0.410. The molecule has 0 atom stereocenters. The molecule has 1 aliphatic carbocycles. The molecule has 0 aromatic heterocycles. The van der Waals surface area contributed by atoms with E-state index in [2.05, 4.69) is 17.4 Å². The van der Waals surface area contributed by atoms with Gasteiger partial charge in [-0.3, -0.25) is 0 Å². The second-order valence-corrected chi connectivity index (χ2v) is 5.47. The van der Waals surface area contributed by atoms with Crippen molar-refractivity contribution in [2.45, 2.75) is 44.3 Å². The maximum atomic E-state index is 5.92. The van der Waals surface area contributed by atoms with Crippen LogP contribution in [-0.2, 0) is 6.54 Å². The maximum absolute atomic E-state index is 5.92.